The van der Waals surface area contributed by atoms with E-state index in [1.165, 1.54) is 29.9 Å². The summed E-state index contributed by atoms with van der Waals surface area (Å²) in [7, 11) is 1.51. The molecule has 1 heterocycles. The number of hydrogen-bond donors (Lipinski definition) is 3. The molecule has 1 aromatic heterocycles. The number of phenols is 2. The monoisotopic (exact) mass is 313 g/mol. The van der Waals surface area contributed by atoms with E-state index in [2.05, 4.69) is 10.2 Å². The molecule has 0 fully saturated rings. The Bertz CT molecular complexity index is 927. The zero-order valence-corrected chi connectivity index (χ0v) is 12.6. The Morgan fingerprint density at radius 3 is 2.65 bits per heavy atom. The highest BCUT2D eigenvalue weighted by Crippen LogP contribution is 2.33. The summed E-state index contributed by atoms with van der Waals surface area (Å²) >= 11 is 0. The van der Waals surface area contributed by atoms with Gasteiger partial charge in [-0.05, 0) is 36.8 Å². The molecule has 0 saturated carbocycles. The van der Waals surface area contributed by atoms with Gasteiger partial charge in [0.2, 0.25) is 0 Å². The quantitative estimate of drug-likeness (QED) is 0.686. The number of hydrogen-bond acceptors (Lipinski definition) is 5. The second kappa shape index (κ2) is 5.53. The van der Waals surface area contributed by atoms with E-state index < -0.39 is 5.69 Å². The summed E-state index contributed by atoms with van der Waals surface area (Å²) < 4.78 is 6.65. The zero-order chi connectivity index (χ0) is 16.6. The summed E-state index contributed by atoms with van der Waals surface area (Å²) in [5.74, 6) is 0.461. The molecule has 2 aromatic carbocycles. The summed E-state index contributed by atoms with van der Waals surface area (Å²) in [5, 5.41) is 25.8. The number of benzene rings is 2. The van der Waals surface area contributed by atoms with Gasteiger partial charge in [-0.15, -0.1) is 0 Å². The summed E-state index contributed by atoms with van der Waals surface area (Å²) in [6.07, 6.45) is 0. The smallest absolute Gasteiger partial charge is 0.348 e. The number of phenolic OH excluding ortho intramolecular Hbond substituents is 2. The van der Waals surface area contributed by atoms with E-state index in [0.29, 0.717) is 17.0 Å². The maximum absolute atomic E-state index is 12.2. The Labute approximate surface area is 131 Å². The van der Waals surface area contributed by atoms with Crippen molar-refractivity contribution >= 4 is 0 Å². The third kappa shape index (κ3) is 2.52. The van der Waals surface area contributed by atoms with Crippen molar-refractivity contribution in [3.63, 3.8) is 0 Å². The molecule has 3 rings (SSSR count). The van der Waals surface area contributed by atoms with Crippen LogP contribution in [0.1, 0.15) is 5.56 Å². The Kier molecular flexibility index (Phi) is 3.53. The van der Waals surface area contributed by atoms with Crippen LogP contribution in [0.5, 0.6) is 17.2 Å². The summed E-state index contributed by atoms with van der Waals surface area (Å²) in [6, 6.07) is 9.46. The van der Waals surface area contributed by atoms with Crippen LogP contribution in [0.4, 0.5) is 0 Å². The first-order valence-corrected chi connectivity index (χ1v) is 6.86. The molecule has 0 bridgehead atoms. The molecule has 0 saturated heterocycles. The highest BCUT2D eigenvalue weighted by molar-refractivity contribution is 5.67. The van der Waals surface area contributed by atoms with E-state index in [-0.39, 0.29) is 17.3 Å². The van der Waals surface area contributed by atoms with Crippen LogP contribution in [0.2, 0.25) is 0 Å². The van der Waals surface area contributed by atoms with Crippen LogP contribution in [0, 0.1) is 6.92 Å². The van der Waals surface area contributed by atoms with Crippen molar-refractivity contribution in [3.05, 3.63) is 52.4 Å². The standard InChI is InChI=1S/C16H15N3O4/c1-9-3-6-12(14(7-9)23-2)19-15(17-18-16(19)22)11-5-4-10(20)8-13(11)21/h3-8,20-21H,1-2H3,(H,18,22). The fourth-order valence-corrected chi connectivity index (χ4v) is 2.38. The Hall–Kier alpha value is -3.22. The first-order chi connectivity index (χ1) is 11.0. The summed E-state index contributed by atoms with van der Waals surface area (Å²) in [5.41, 5.74) is 1.33. The molecule has 0 amide bonds. The van der Waals surface area contributed by atoms with E-state index in [9.17, 15) is 15.0 Å². The minimum Gasteiger partial charge on any atom is -0.508 e. The number of methoxy groups -OCH3 is 1. The van der Waals surface area contributed by atoms with Gasteiger partial charge in [-0.25, -0.2) is 14.5 Å². The molecule has 7 nitrogen and oxygen atoms in total. The molecule has 0 radical (unpaired) electrons. The van der Waals surface area contributed by atoms with Gasteiger partial charge in [0.15, 0.2) is 5.82 Å². The van der Waals surface area contributed by atoms with Crippen molar-refractivity contribution in [2.24, 2.45) is 0 Å². The lowest BCUT2D eigenvalue weighted by molar-refractivity contribution is 0.412. The molecule has 0 aliphatic rings. The molecular formula is C16H15N3O4. The lowest BCUT2D eigenvalue weighted by Crippen LogP contribution is -2.16. The molecule has 0 atom stereocenters. The second-order valence-electron chi connectivity index (χ2n) is 5.06. The van der Waals surface area contributed by atoms with Gasteiger partial charge in [0, 0.05) is 6.07 Å². The van der Waals surface area contributed by atoms with Crippen molar-refractivity contribution in [1.82, 2.24) is 14.8 Å². The molecule has 3 N–H and O–H groups in total. The number of rotatable bonds is 3. The molecule has 3 aromatic rings. The van der Waals surface area contributed by atoms with E-state index >= 15 is 0 Å². The minimum atomic E-state index is -0.463. The molecule has 0 aliphatic heterocycles. The van der Waals surface area contributed by atoms with Crippen LogP contribution in [0.15, 0.2) is 41.2 Å². The van der Waals surface area contributed by atoms with Crippen molar-refractivity contribution < 1.29 is 14.9 Å². The fraction of sp³-hybridized carbons (Fsp3) is 0.125. The van der Waals surface area contributed by atoms with Crippen LogP contribution in [-0.2, 0) is 0 Å². The number of nitrogens with zero attached hydrogens (tertiary/aromatic N) is 2. The van der Waals surface area contributed by atoms with Crippen molar-refractivity contribution in [2.75, 3.05) is 7.11 Å². The van der Waals surface area contributed by atoms with Crippen LogP contribution in [0.25, 0.3) is 17.1 Å². The van der Waals surface area contributed by atoms with Crippen molar-refractivity contribution in [3.8, 4) is 34.3 Å². The van der Waals surface area contributed by atoms with E-state index in [0.717, 1.165) is 5.56 Å². The maximum Gasteiger partial charge on any atom is 0.348 e. The van der Waals surface area contributed by atoms with Crippen LogP contribution in [-0.4, -0.2) is 32.1 Å². The third-order valence-electron chi connectivity index (χ3n) is 3.47. The number of aryl methyl sites for hydroxylation is 1. The average Bonchev–Trinajstić information content (AvgIpc) is 2.88. The number of nitrogens with one attached hydrogen (secondary N) is 1. The Morgan fingerprint density at radius 1 is 1.17 bits per heavy atom. The lowest BCUT2D eigenvalue weighted by atomic mass is 10.1. The van der Waals surface area contributed by atoms with E-state index in [4.69, 9.17) is 4.74 Å². The maximum atomic E-state index is 12.2. The summed E-state index contributed by atoms with van der Waals surface area (Å²) in [4.78, 5) is 12.2. The number of aromatic nitrogens is 3. The van der Waals surface area contributed by atoms with Crippen LogP contribution in [0.3, 0.4) is 0 Å². The predicted octanol–water partition coefficient (Wildman–Crippen LogP) is 1.96. The summed E-state index contributed by atoms with van der Waals surface area (Å²) in [6.45, 7) is 1.91. The van der Waals surface area contributed by atoms with Gasteiger partial charge in [-0.3, -0.25) is 0 Å². The largest absolute Gasteiger partial charge is 0.508 e. The molecule has 0 spiro atoms. The van der Waals surface area contributed by atoms with Gasteiger partial charge in [-0.2, -0.15) is 5.10 Å². The van der Waals surface area contributed by atoms with Gasteiger partial charge < -0.3 is 14.9 Å². The lowest BCUT2D eigenvalue weighted by Gasteiger charge is -2.12. The van der Waals surface area contributed by atoms with Gasteiger partial charge in [0.05, 0.1) is 18.4 Å². The molecule has 0 unspecified atom stereocenters. The van der Waals surface area contributed by atoms with Crippen molar-refractivity contribution in [2.45, 2.75) is 6.92 Å². The topological polar surface area (TPSA) is 100 Å². The molecule has 118 valence electrons. The molecule has 23 heavy (non-hydrogen) atoms. The zero-order valence-electron chi connectivity index (χ0n) is 12.6. The third-order valence-corrected chi connectivity index (χ3v) is 3.47. The fourth-order valence-electron chi connectivity index (χ4n) is 2.38. The Morgan fingerprint density at radius 2 is 1.96 bits per heavy atom. The number of H-pyrrole nitrogens is 1. The average molecular weight is 313 g/mol. The van der Waals surface area contributed by atoms with Crippen LogP contribution >= 0.6 is 0 Å². The first kappa shape index (κ1) is 14.7. The molecule has 7 heteroatoms. The number of ether oxygens (including phenoxy) is 1. The van der Waals surface area contributed by atoms with Crippen LogP contribution < -0.4 is 10.4 Å². The van der Waals surface area contributed by atoms with Gasteiger partial charge >= 0.3 is 5.69 Å². The normalized spacial score (nSPS) is 10.7. The van der Waals surface area contributed by atoms with Gasteiger partial charge in [-0.1, -0.05) is 6.07 Å². The highest BCUT2D eigenvalue weighted by atomic mass is 16.5. The minimum absolute atomic E-state index is 0.0800. The predicted molar refractivity (Wildman–Crippen MR) is 84.2 cm³/mol. The van der Waals surface area contributed by atoms with Gasteiger partial charge in [0.1, 0.15) is 17.2 Å². The highest BCUT2D eigenvalue weighted by Gasteiger charge is 2.18. The van der Waals surface area contributed by atoms with Gasteiger partial charge in [0.25, 0.3) is 0 Å². The second-order valence-corrected chi connectivity index (χ2v) is 5.06. The molecule has 0 aliphatic carbocycles. The first-order valence-electron chi connectivity index (χ1n) is 6.86. The number of aromatic hydroxyl groups is 2. The van der Waals surface area contributed by atoms with E-state index in [1.807, 2.05) is 13.0 Å². The molecular weight excluding hydrogens is 298 g/mol. The van der Waals surface area contributed by atoms with Crippen molar-refractivity contribution in [1.29, 1.82) is 0 Å². The Balaban J connectivity index is 2.27. The van der Waals surface area contributed by atoms with E-state index in [1.54, 1.807) is 12.1 Å². The number of aromatic amines is 1. The SMILES string of the molecule is COc1cc(C)ccc1-n1c(-c2ccc(O)cc2O)n[nH]c1=O.